The monoisotopic (exact) mass is 412 g/mol. The lowest BCUT2D eigenvalue weighted by Gasteiger charge is -2.29. The number of halogens is 6. The fraction of sp³-hybridized carbons (Fsp3) is 0.588. The van der Waals surface area contributed by atoms with Gasteiger partial charge in [-0.2, -0.15) is 26.3 Å². The van der Waals surface area contributed by atoms with E-state index >= 15 is 0 Å². The standard InChI is InChI=1S/C17H22F6N4O/c1-24-15(25-5-4-16(18,19)20)26-11-12-2-3-13(10-14(12)17(21,22)23)27-6-8-28-9-7-27/h2-3,10H,4-9,11H2,1H3,(H2,24,25,26). The van der Waals surface area contributed by atoms with Gasteiger partial charge >= 0.3 is 12.4 Å². The molecule has 0 aromatic heterocycles. The van der Waals surface area contributed by atoms with E-state index in [1.807, 2.05) is 4.90 Å². The van der Waals surface area contributed by atoms with E-state index in [0.717, 1.165) is 6.07 Å². The number of alkyl halides is 6. The number of aliphatic imine (C=N–C) groups is 1. The van der Waals surface area contributed by atoms with E-state index in [4.69, 9.17) is 4.74 Å². The highest BCUT2D eigenvalue weighted by Gasteiger charge is 2.34. The molecule has 2 rings (SSSR count). The molecule has 0 saturated carbocycles. The van der Waals surface area contributed by atoms with Crippen LogP contribution in [0.2, 0.25) is 0 Å². The van der Waals surface area contributed by atoms with Crippen LogP contribution in [-0.4, -0.2) is 52.0 Å². The predicted molar refractivity (Wildman–Crippen MR) is 93.3 cm³/mol. The molecule has 158 valence electrons. The molecule has 0 unspecified atom stereocenters. The number of hydrogen-bond donors (Lipinski definition) is 2. The van der Waals surface area contributed by atoms with E-state index in [2.05, 4.69) is 15.6 Å². The van der Waals surface area contributed by atoms with Gasteiger partial charge in [0.25, 0.3) is 0 Å². The highest BCUT2D eigenvalue weighted by atomic mass is 19.4. The van der Waals surface area contributed by atoms with Crippen molar-refractivity contribution in [3.8, 4) is 0 Å². The molecular weight excluding hydrogens is 390 g/mol. The van der Waals surface area contributed by atoms with Gasteiger partial charge in [-0.05, 0) is 17.7 Å². The Morgan fingerprint density at radius 1 is 1.11 bits per heavy atom. The van der Waals surface area contributed by atoms with Crippen LogP contribution in [-0.2, 0) is 17.5 Å². The maximum absolute atomic E-state index is 13.5. The van der Waals surface area contributed by atoms with E-state index < -0.39 is 30.9 Å². The van der Waals surface area contributed by atoms with Crippen molar-refractivity contribution in [2.45, 2.75) is 25.3 Å². The minimum Gasteiger partial charge on any atom is -0.378 e. The maximum atomic E-state index is 13.5. The maximum Gasteiger partial charge on any atom is 0.416 e. The van der Waals surface area contributed by atoms with Crippen LogP contribution in [0.5, 0.6) is 0 Å². The van der Waals surface area contributed by atoms with Gasteiger partial charge in [-0.1, -0.05) is 6.07 Å². The number of nitrogens with zero attached hydrogens (tertiary/aromatic N) is 2. The van der Waals surface area contributed by atoms with Crippen molar-refractivity contribution in [3.05, 3.63) is 29.3 Å². The van der Waals surface area contributed by atoms with Crippen molar-refractivity contribution in [2.24, 2.45) is 4.99 Å². The van der Waals surface area contributed by atoms with Gasteiger partial charge in [0, 0.05) is 38.9 Å². The molecule has 1 aromatic carbocycles. The molecule has 0 spiro atoms. The summed E-state index contributed by atoms with van der Waals surface area (Å²) in [4.78, 5) is 5.54. The number of benzene rings is 1. The fourth-order valence-corrected chi connectivity index (χ4v) is 2.72. The highest BCUT2D eigenvalue weighted by molar-refractivity contribution is 5.79. The van der Waals surface area contributed by atoms with Gasteiger partial charge < -0.3 is 20.3 Å². The molecule has 2 N–H and O–H groups in total. The van der Waals surface area contributed by atoms with Crippen molar-refractivity contribution in [1.82, 2.24) is 10.6 Å². The normalized spacial score (nSPS) is 16.2. The molecule has 1 heterocycles. The lowest BCUT2D eigenvalue weighted by Crippen LogP contribution is -2.39. The average Bonchev–Trinajstić information content (AvgIpc) is 2.63. The Morgan fingerprint density at radius 3 is 2.36 bits per heavy atom. The third-order valence-electron chi connectivity index (χ3n) is 4.15. The Labute approximate surface area is 158 Å². The summed E-state index contributed by atoms with van der Waals surface area (Å²) in [5.41, 5.74) is -0.370. The van der Waals surface area contributed by atoms with E-state index in [-0.39, 0.29) is 18.1 Å². The number of rotatable bonds is 5. The summed E-state index contributed by atoms with van der Waals surface area (Å²) in [7, 11) is 1.33. The van der Waals surface area contributed by atoms with Crippen LogP contribution < -0.4 is 15.5 Å². The number of ether oxygens (including phenoxy) is 1. The molecule has 0 radical (unpaired) electrons. The minimum atomic E-state index is -4.56. The van der Waals surface area contributed by atoms with Crippen molar-refractivity contribution in [1.29, 1.82) is 0 Å². The molecule has 0 bridgehead atoms. The van der Waals surface area contributed by atoms with E-state index in [1.165, 1.54) is 13.1 Å². The van der Waals surface area contributed by atoms with Crippen LogP contribution >= 0.6 is 0 Å². The molecule has 0 aliphatic carbocycles. The van der Waals surface area contributed by atoms with Crippen LogP contribution in [0.25, 0.3) is 0 Å². The largest absolute Gasteiger partial charge is 0.416 e. The molecule has 1 fully saturated rings. The zero-order chi connectivity index (χ0) is 20.8. The fourth-order valence-electron chi connectivity index (χ4n) is 2.72. The smallest absolute Gasteiger partial charge is 0.378 e. The van der Waals surface area contributed by atoms with Gasteiger partial charge in [0.05, 0.1) is 25.2 Å². The number of morpholine rings is 1. The van der Waals surface area contributed by atoms with E-state index in [9.17, 15) is 26.3 Å². The predicted octanol–water partition coefficient (Wildman–Crippen LogP) is 3.16. The number of guanidine groups is 1. The van der Waals surface area contributed by atoms with Gasteiger partial charge in [-0.3, -0.25) is 4.99 Å². The molecule has 28 heavy (non-hydrogen) atoms. The summed E-state index contributed by atoms with van der Waals surface area (Å²) in [6.45, 7) is 1.25. The van der Waals surface area contributed by atoms with E-state index in [0.29, 0.717) is 32.0 Å². The van der Waals surface area contributed by atoms with Crippen LogP contribution in [0.3, 0.4) is 0 Å². The molecule has 0 atom stereocenters. The lowest BCUT2D eigenvalue weighted by molar-refractivity contribution is -0.138. The highest BCUT2D eigenvalue weighted by Crippen LogP contribution is 2.35. The second kappa shape index (κ2) is 9.35. The zero-order valence-corrected chi connectivity index (χ0v) is 15.3. The Balaban J connectivity index is 2.07. The van der Waals surface area contributed by atoms with Gasteiger partial charge in [0.1, 0.15) is 0 Å². The first kappa shape index (κ1) is 22.1. The molecule has 11 heteroatoms. The van der Waals surface area contributed by atoms with Crippen LogP contribution in [0.15, 0.2) is 23.2 Å². The minimum absolute atomic E-state index is 0.00497. The average molecular weight is 412 g/mol. The van der Waals surface area contributed by atoms with Gasteiger partial charge in [-0.15, -0.1) is 0 Å². The first-order valence-electron chi connectivity index (χ1n) is 8.64. The van der Waals surface area contributed by atoms with Gasteiger partial charge in [0.2, 0.25) is 0 Å². The third kappa shape index (κ3) is 6.77. The Morgan fingerprint density at radius 2 is 1.79 bits per heavy atom. The molecule has 1 aromatic rings. The van der Waals surface area contributed by atoms with Crippen molar-refractivity contribution in [3.63, 3.8) is 0 Å². The quantitative estimate of drug-likeness (QED) is 0.443. The molecule has 1 saturated heterocycles. The topological polar surface area (TPSA) is 48.9 Å². The SMILES string of the molecule is CN=C(NCCC(F)(F)F)NCc1ccc(N2CCOCC2)cc1C(F)(F)F. The van der Waals surface area contributed by atoms with Crippen molar-refractivity contribution in [2.75, 3.05) is 44.8 Å². The number of nitrogens with one attached hydrogen (secondary N) is 2. The Kier molecular flexibility index (Phi) is 7.39. The number of hydrogen-bond acceptors (Lipinski definition) is 3. The lowest BCUT2D eigenvalue weighted by atomic mass is 10.0. The van der Waals surface area contributed by atoms with Crippen molar-refractivity contribution < 1.29 is 31.1 Å². The molecule has 5 nitrogen and oxygen atoms in total. The zero-order valence-electron chi connectivity index (χ0n) is 15.3. The van der Waals surface area contributed by atoms with E-state index in [1.54, 1.807) is 6.07 Å². The molecular formula is C17H22F6N4O. The summed E-state index contributed by atoms with van der Waals surface area (Å²) in [5.74, 6) is -0.00497. The first-order valence-corrected chi connectivity index (χ1v) is 8.64. The second-order valence-corrected chi connectivity index (χ2v) is 6.16. The molecule has 0 amide bonds. The Bertz CT molecular complexity index is 669. The van der Waals surface area contributed by atoms with Gasteiger partial charge in [-0.25, -0.2) is 0 Å². The van der Waals surface area contributed by atoms with Crippen LogP contribution in [0.1, 0.15) is 17.5 Å². The Hall–Kier alpha value is -2.17. The number of anilines is 1. The molecule has 1 aliphatic heterocycles. The summed E-state index contributed by atoms with van der Waals surface area (Å²) < 4.78 is 82.3. The third-order valence-corrected chi connectivity index (χ3v) is 4.15. The molecule has 1 aliphatic rings. The second-order valence-electron chi connectivity index (χ2n) is 6.16. The summed E-state index contributed by atoms with van der Waals surface area (Å²) >= 11 is 0. The summed E-state index contributed by atoms with van der Waals surface area (Å²) in [6.07, 6.45) is -9.97. The van der Waals surface area contributed by atoms with Crippen LogP contribution in [0, 0.1) is 0 Å². The summed E-state index contributed by atoms with van der Waals surface area (Å²) in [5, 5.41) is 5.05. The van der Waals surface area contributed by atoms with Gasteiger partial charge in [0.15, 0.2) is 5.96 Å². The van der Waals surface area contributed by atoms with Crippen LogP contribution in [0.4, 0.5) is 32.0 Å². The van der Waals surface area contributed by atoms with Crippen molar-refractivity contribution >= 4 is 11.6 Å². The summed E-state index contributed by atoms with van der Waals surface area (Å²) in [6, 6.07) is 4.04. The first-order chi connectivity index (χ1) is 13.1.